The molecule has 0 saturated carbocycles. The number of piperidine rings is 1. The Labute approximate surface area is 139 Å². The lowest BCUT2D eigenvalue weighted by atomic mass is 9.85. The van der Waals surface area contributed by atoms with Crippen LogP contribution in [-0.2, 0) is 4.79 Å². The van der Waals surface area contributed by atoms with Gasteiger partial charge in [0.2, 0.25) is 5.91 Å². The van der Waals surface area contributed by atoms with Crippen molar-refractivity contribution in [2.24, 2.45) is 11.8 Å². The summed E-state index contributed by atoms with van der Waals surface area (Å²) >= 11 is 0. The van der Waals surface area contributed by atoms with Gasteiger partial charge in [0.05, 0.1) is 0 Å². The molecule has 1 saturated heterocycles. The summed E-state index contributed by atoms with van der Waals surface area (Å²) in [5.74, 6) is 2.17. The molecule has 5 heteroatoms. The van der Waals surface area contributed by atoms with Crippen LogP contribution in [0.25, 0.3) is 0 Å². The number of hydrogen-bond donors (Lipinski definition) is 3. The molecule has 128 valence electrons. The van der Waals surface area contributed by atoms with Crippen LogP contribution in [0, 0.1) is 18.8 Å². The van der Waals surface area contributed by atoms with Crippen molar-refractivity contribution >= 4 is 11.7 Å². The maximum absolute atomic E-state index is 12.0. The van der Waals surface area contributed by atoms with Gasteiger partial charge < -0.3 is 16.0 Å². The minimum atomic E-state index is 0.177. The number of anilines is 1. The Hall–Kier alpha value is -1.62. The van der Waals surface area contributed by atoms with Gasteiger partial charge in [-0.25, -0.2) is 4.98 Å². The number of pyridine rings is 1. The van der Waals surface area contributed by atoms with Gasteiger partial charge in [0.1, 0.15) is 5.82 Å². The third-order valence-corrected chi connectivity index (χ3v) is 4.54. The number of aryl methyl sites for hydroxylation is 1. The van der Waals surface area contributed by atoms with E-state index in [1.54, 1.807) is 0 Å². The molecule has 2 unspecified atom stereocenters. The minimum absolute atomic E-state index is 0.177. The Kier molecular flexibility index (Phi) is 7.33. The van der Waals surface area contributed by atoms with E-state index in [-0.39, 0.29) is 5.91 Å². The molecule has 23 heavy (non-hydrogen) atoms. The summed E-state index contributed by atoms with van der Waals surface area (Å²) in [6.45, 7) is 7.94. The van der Waals surface area contributed by atoms with Crippen LogP contribution >= 0.6 is 0 Å². The Morgan fingerprint density at radius 3 is 3.00 bits per heavy atom. The highest BCUT2D eigenvalue weighted by atomic mass is 16.1. The smallest absolute Gasteiger partial charge is 0.220 e. The molecule has 0 spiro atoms. The van der Waals surface area contributed by atoms with E-state index in [1.165, 1.54) is 12.8 Å². The number of aromatic nitrogens is 1. The number of carbonyl (C=O) groups excluding carboxylic acids is 1. The van der Waals surface area contributed by atoms with Crippen molar-refractivity contribution in [2.75, 3.05) is 31.5 Å². The summed E-state index contributed by atoms with van der Waals surface area (Å²) in [5, 5.41) is 9.72. The molecule has 2 atom stereocenters. The zero-order chi connectivity index (χ0) is 16.5. The highest BCUT2D eigenvalue weighted by Gasteiger charge is 2.21. The van der Waals surface area contributed by atoms with E-state index in [2.05, 4.69) is 27.9 Å². The van der Waals surface area contributed by atoms with E-state index < -0.39 is 0 Å². The summed E-state index contributed by atoms with van der Waals surface area (Å²) in [6.07, 6.45) is 5.87. The van der Waals surface area contributed by atoms with Crippen molar-refractivity contribution in [3.8, 4) is 0 Å². The van der Waals surface area contributed by atoms with Gasteiger partial charge in [0, 0.05) is 25.7 Å². The maximum Gasteiger partial charge on any atom is 0.220 e. The van der Waals surface area contributed by atoms with Crippen LogP contribution in [0.3, 0.4) is 0 Å². The lowest BCUT2D eigenvalue weighted by Gasteiger charge is -2.28. The molecule has 1 amide bonds. The Balaban J connectivity index is 1.54. The van der Waals surface area contributed by atoms with E-state index in [0.29, 0.717) is 24.8 Å². The molecule has 2 heterocycles. The van der Waals surface area contributed by atoms with E-state index in [9.17, 15) is 4.79 Å². The Morgan fingerprint density at radius 1 is 1.43 bits per heavy atom. The van der Waals surface area contributed by atoms with Gasteiger partial charge in [-0.2, -0.15) is 0 Å². The lowest BCUT2D eigenvalue weighted by molar-refractivity contribution is -0.122. The van der Waals surface area contributed by atoms with Gasteiger partial charge in [-0.1, -0.05) is 13.0 Å². The first-order valence-electron chi connectivity index (χ1n) is 8.79. The Bertz CT molecular complexity index is 468. The van der Waals surface area contributed by atoms with Crippen molar-refractivity contribution in [1.82, 2.24) is 15.6 Å². The molecule has 0 bridgehead atoms. The molecular formula is C18H30N4O. The maximum atomic E-state index is 12.0. The lowest BCUT2D eigenvalue weighted by Crippen LogP contribution is -2.35. The minimum Gasteiger partial charge on any atom is -0.370 e. The number of rotatable bonds is 8. The highest BCUT2D eigenvalue weighted by Crippen LogP contribution is 2.22. The standard InChI is InChI=1S/C18H30N4O/c1-14-6-7-17(22-12-14)20-9-4-10-21-18(23)11-15(2)16-5-3-8-19-13-16/h6-7,12,15-16,19H,3-5,8-11,13H2,1-2H3,(H,20,22)(H,21,23). The van der Waals surface area contributed by atoms with E-state index in [0.717, 1.165) is 37.4 Å². The summed E-state index contributed by atoms with van der Waals surface area (Å²) in [4.78, 5) is 16.3. The average Bonchev–Trinajstić information content (AvgIpc) is 2.57. The highest BCUT2D eigenvalue weighted by molar-refractivity contribution is 5.76. The number of nitrogens with one attached hydrogen (secondary N) is 3. The monoisotopic (exact) mass is 318 g/mol. The third kappa shape index (κ3) is 6.57. The molecule has 1 aliphatic rings. The molecule has 1 aromatic heterocycles. The van der Waals surface area contributed by atoms with E-state index in [4.69, 9.17) is 0 Å². The SMILES string of the molecule is Cc1ccc(NCCCNC(=O)CC(C)C2CCCNC2)nc1. The van der Waals surface area contributed by atoms with Crippen LogP contribution in [0.5, 0.6) is 0 Å². The molecule has 5 nitrogen and oxygen atoms in total. The van der Waals surface area contributed by atoms with Crippen LogP contribution in [0.15, 0.2) is 18.3 Å². The Morgan fingerprint density at radius 2 is 2.30 bits per heavy atom. The molecule has 1 aromatic rings. The predicted molar refractivity (Wildman–Crippen MR) is 94.5 cm³/mol. The molecule has 1 aliphatic heterocycles. The second-order valence-corrected chi connectivity index (χ2v) is 6.64. The fourth-order valence-corrected chi connectivity index (χ4v) is 3.00. The summed E-state index contributed by atoms with van der Waals surface area (Å²) in [7, 11) is 0. The van der Waals surface area contributed by atoms with Gasteiger partial charge in [0.15, 0.2) is 0 Å². The van der Waals surface area contributed by atoms with E-state index >= 15 is 0 Å². The molecule has 3 N–H and O–H groups in total. The molecule has 0 aliphatic carbocycles. The van der Waals surface area contributed by atoms with Gasteiger partial charge in [-0.3, -0.25) is 4.79 Å². The molecule has 0 aromatic carbocycles. The number of hydrogen-bond acceptors (Lipinski definition) is 4. The quantitative estimate of drug-likeness (QED) is 0.644. The third-order valence-electron chi connectivity index (χ3n) is 4.54. The van der Waals surface area contributed by atoms with Gasteiger partial charge in [0.25, 0.3) is 0 Å². The van der Waals surface area contributed by atoms with Gasteiger partial charge >= 0.3 is 0 Å². The van der Waals surface area contributed by atoms with Crippen LogP contribution in [0.1, 0.15) is 38.2 Å². The second kappa shape index (κ2) is 9.50. The molecule has 2 rings (SSSR count). The van der Waals surface area contributed by atoms with Crippen LogP contribution in [-0.4, -0.2) is 37.1 Å². The fraction of sp³-hybridized carbons (Fsp3) is 0.667. The van der Waals surface area contributed by atoms with Crippen molar-refractivity contribution < 1.29 is 4.79 Å². The van der Waals surface area contributed by atoms with E-state index in [1.807, 2.05) is 25.3 Å². The van der Waals surface area contributed by atoms with Gasteiger partial charge in [-0.05, 0) is 62.7 Å². The topological polar surface area (TPSA) is 66.0 Å². The van der Waals surface area contributed by atoms with Crippen molar-refractivity contribution in [3.05, 3.63) is 23.9 Å². The first kappa shape index (κ1) is 17.7. The summed E-state index contributed by atoms with van der Waals surface area (Å²) in [6, 6.07) is 4.02. The van der Waals surface area contributed by atoms with Crippen LogP contribution in [0.4, 0.5) is 5.82 Å². The molecule has 0 radical (unpaired) electrons. The largest absolute Gasteiger partial charge is 0.370 e. The number of carbonyl (C=O) groups is 1. The van der Waals surface area contributed by atoms with Crippen LogP contribution < -0.4 is 16.0 Å². The van der Waals surface area contributed by atoms with Crippen LogP contribution in [0.2, 0.25) is 0 Å². The normalized spacial score (nSPS) is 19.1. The predicted octanol–water partition coefficient (Wildman–Crippen LogP) is 2.33. The number of amides is 1. The van der Waals surface area contributed by atoms with Crippen molar-refractivity contribution in [1.29, 1.82) is 0 Å². The molecule has 1 fully saturated rings. The van der Waals surface area contributed by atoms with Gasteiger partial charge in [-0.15, -0.1) is 0 Å². The average molecular weight is 318 g/mol. The zero-order valence-electron chi connectivity index (χ0n) is 14.4. The second-order valence-electron chi connectivity index (χ2n) is 6.64. The van der Waals surface area contributed by atoms with Crippen molar-refractivity contribution in [3.63, 3.8) is 0 Å². The summed E-state index contributed by atoms with van der Waals surface area (Å²) in [5.41, 5.74) is 1.16. The first-order chi connectivity index (χ1) is 11.1. The fourth-order valence-electron chi connectivity index (χ4n) is 3.00. The molecular weight excluding hydrogens is 288 g/mol. The number of nitrogens with zero attached hydrogens (tertiary/aromatic N) is 1. The first-order valence-corrected chi connectivity index (χ1v) is 8.79. The van der Waals surface area contributed by atoms with Crippen molar-refractivity contribution in [2.45, 2.75) is 39.5 Å². The zero-order valence-corrected chi connectivity index (χ0v) is 14.4. The summed E-state index contributed by atoms with van der Waals surface area (Å²) < 4.78 is 0.